The number of hydrogen-bond donors (Lipinski definition) is 1. The van der Waals surface area contributed by atoms with Crippen LogP contribution in [0.15, 0.2) is 12.7 Å². The standard InChI is InChI=1S/C15H27NO3S/c1-5-6-14(16-20(17)13(2,3)4)7-9-15(10-8-14)18-11-12-19-15/h5,16H,1,6-12H2,2-4H3. The van der Waals surface area contributed by atoms with Crippen LogP contribution in [0.3, 0.4) is 0 Å². The van der Waals surface area contributed by atoms with Crippen LogP contribution in [0, 0.1) is 0 Å². The Morgan fingerprint density at radius 3 is 2.20 bits per heavy atom. The van der Waals surface area contributed by atoms with Gasteiger partial charge in [0.05, 0.1) is 28.9 Å². The second-order valence-electron chi connectivity index (χ2n) is 6.86. The Morgan fingerprint density at radius 1 is 1.20 bits per heavy atom. The predicted molar refractivity (Wildman–Crippen MR) is 81.7 cm³/mol. The quantitative estimate of drug-likeness (QED) is 0.812. The molecule has 20 heavy (non-hydrogen) atoms. The van der Waals surface area contributed by atoms with Gasteiger partial charge in [0, 0.05) is 18.4 Å². The molecule has 2 rings (SSSR count). The van der Waals surface area contributed by atoms with E-state index in [1.54, 1.807) is 0 Å². The summed E-state index contributed by atoms with van der Waals surface area (Å²) < 4.78 is 27.1. The zero-order chi connectivity index (χ0) is 14.9. The maximum atomic E-state index is 12.4. The van der Waals surface area contributed by atoms with E-state index in [1.165, 1.54) is 0 Å². The monoisotopic (exact) mass is 301 g/mol. The molecular weight excluding hydrogens is 274 g/mol. The van der Waals surface area contributed by atoms with Crippen molar-refractivity contribution < 1.29 is 13.7 Å². The first-order valence-electron chi connectivity index (χ1n) is 7.39. The van der Waals surface area contributed by atoms with Crippen molar-refractivity contribution in [1.82, 2.24) is 4.72 Å². The third-order valence-corrected chi connectivity index (χ3v) is 5.91. The zero-order valence-corrected chi connectivity index (χ0v) is 13.7. The summed E-state index contributed by atoms with van der Waals surface area (Å²) in [4.78, 5) is 0. The Balaban J connectivity index is 2.04. The van der Waals surface area contributed by atoms with Crippen LogP contribution in [0.1, 0.15) is 52.9 Å². The highest BCUT2D eigenvalue weighted by molar-refractivity contribution is 7.84. The van der Waals surface area contributed by atoms with E-state index in [-0.39, 0.29) is 16.1 Å². The Kier molecular flexibility index (Phi) is 4.74. The van der Waals surface area contributed by atoms with Gasteiger partial charge in [0.25, 0.3) is 0 Å². The van der Waals surface area contributed by atoms with Gasteiger partial charge in [-0.2, -0.15) is 0 Å². The molecule has 1 saturated heterocycles. The Labute approximate surface area is 124 Å². The van der Waals surface area contributed by atoms with Crippen LogP contribution < -0.4 is 4.72 Å². The van der Waals surface area contributed by atoms with Crippen LogP contribution in [-0.4, -0.2) is 33.5 Å². The molecule has 1 aliphatic heterocycles. The van der Waals surface area contributed by atoms with Gasteiger partial charge in [-0.05, 0) is 40.0 Å². The van der Waals surface area contributed by atoms with Gasteiger partial charge < -0.3 is 9.47 Å². The van der Waals surface area contributed by atoms with E-state index in [0.717, 1.165) is 32.1 Å². The molecule has 116 valence electrons. The zero-order valence-electron chi connectivity index (χ0n) is 12.9. The van der Waals surface area contributed by atoms with Crippen molar-refractivity contribution in [2.75, 3.05) is 13.2 Å². The summed E-state index contributed by atoms with van der Waals surface area (Å²) in [5.74, 6) is -0.379. The lowest BCUT2D eigenvalue weighted by Crippen LogP contribution is -2.54. The highest BCUT2D eigenvalue weighted by atomic mass is 32.2. The normalized spacial score (nSPS) is 26.6. The van der Waals surface area contributed by atoms with E-state index in [9.17, 15) is 4.21 Å². The first kappa shape index (κ1) is 16.1. The van der Waals surface area contributed by atoms with Gasteiger partial charge in [0.1, 0.15) is 0 Å². The Hall–Kier alpha value is -0.230. The minimum absolute atomic E-state index is 0.138. The predicted octanol–water partition coefficient (Wildman–Crippen LogP) is 2.67. The van der Waals surface area contributed by atoms with Crippen LogP contribution >= 0.6 is 0 Å². The summed E-state index contributed by atoms with van der Waals surface area (Å²) in [6, 6.07) is 0. The van der Waals surface area contributed by atoms with Crippen LogP contribution in [0.25, 0.3) is 0 Å². The molecule has 4 nitrogen and oxygen atoms in total. The summed E-state index contributed by atoms with van der Waals surface area (Å²) in [5, 5.41) is 0. The van der Waals surface area contributed by atoms with Gasteiger partial charge in [-0.3, -0.25) is 0 Å². The molecule has 5 heteroatoms. The highest BCUT2D eigenvalue weighted by Crippen LogP contribution is 2.42. The molecule has 1 aliphatic carbocycles. The molecule has 1 atom stereocenters. The SMILES string of the molecule is C=CCC1(NS(=O)C(C)(C)C)CCC2(CC1)OCCO2. The van der Waals surface area contributed by atoms with Crippen molar-refractivity contribution in [1.29, 1.82) is 0 Å². The van der Waals surface area contributed by atoms with E-state index in [0.29, 0.717) is 13.2 Å². The van der Waals surface area contributed by atoms with Crippen LogP contribution in [0.4, 0.5) is 0 Å². The van der Waals surface area contributed by atoms with Gasteiger partial charge >= 0.3 is 0 Å². The Morgan fingerprint density at radius 2 is 1.75 bits per heavy atom. The third kappa shape index (κ3) is 3.50. The van der Waals surface area contributed by atoms with Crippen molar-refractivity contribution in [3.8, 4) is 0 Å². The molecule has 0 aromatic heterocycles. The molecule has 1 N–H and O–H groups in total. The number of nitrogens with one attached hydrogen (secondary N) is 1. The second kappa shape index (κ2) is 5.87. The van der Waals surface area contributed by atoms with Crippen molar-refractivity contribution in [2.24, 2.45) is 0 Å². The van der Waals surface area contributed by atoms with Crippen molar-refractivity contribution >= 4 is 11.0 Å². The molecule has 0 bridgehead atoms. The largest absolute Gasteiger partial charge is 0.348 e. The molecule has 0 radical (unpaired) electrons. The number of ether oxygens (including phenoxy) is 2. The van der Waals surface area contributed by atoms with E-state index in [1.807, 2.05) is 26.8 Å². The summed E-state index contributed by atoms with van der Waals surface area (Å²) >= 11 is 0. The molecule has 1 spiro atoms. The molecular formula is C15H27NO3S. The van der Waals surface area contributed by atoms with E-state index in [4.69, 9.17) is 9.47 Å². The first-order chi connectivity index (χ1) is 9.31. The Bertz CT molecular complexity index is 373. The third-order valence-electron chi connectivity index (χ3n) is 4.18. The fraction of sp³-hybridized carbons (Fsp3) is 0.867. The van der Waals surface area contributed by atoms with Gasteiger partial charge in [-0.15, -0.1) is 6.58 Å². The van der Waals surface area contributed by atoms with Crippen molar-refractivity contribution in [3.63, 3.8) is 0 Å². The summed E-state index contributed by atoms with van der Waals surface area (Å²) in [5.41, 5.74) is -0.138. The second-order valence-corrected chi connectivity index (χ2v) is 8.83. The smallest absolute Gasteiger partial charge is 0.168 e. The molecule has 1 saturated carbocycles. The van der Waals surface area contributed by atoms with E-state index >= 15 is 0 Å². The fourth-order valence-electron chi connectivity index (χ4n) is 2.87. The van der Waals surface area contributed by atoms with Crippen molar-refractivity contribution in [3.05, 3.63) is 12.7 Å². The maximum absolute atomic E-state index is 12.4. The van der Waals surface area contributed by atoms with Gasteiger partial charge in [-0.25, -0.2) is 8.93 Å². The van der Waals surface area contributed by atoms with Crippen molar-refractivity contribution in [2.45, 2.75) is 68.9 Å². The molecule has 1 unspecified atom stereocenters. The molecule has 0 aromatic carbocycles. The van der Waals surface area contributed by atoms with Crippen LogP contribution in [0.5, 0.6) is 0 Å². The average molecular weight is 301 g/mol. The van der Waals surface area contributed by atoms with Crippen LogP contribution in [0.2, 0.25) is 0 Å². The molecule has 2 fully saturated rings. The van der Waals surface area contributed by atoms with E-state index in [2.05, 4.69) is 11.3 Å². The molecule has 1 heterocycles. The lowest BCUT2D eigenvalue weighted by atomic mass is 9.77. The number of rotatable bonds is 4. The molecule has 0 amide bonds. The lowest BCUT2D eigenvalue weighted by molar-refractivity contribution is -0.185. The fourth-order valence-corrected chi connectivity index (χ4v) is 3.86. The number of hydrogen-bond acceptors (Lipinski definition) is 3. The van der Waals surface area contributed by atoms with Gasteiger partial charge in [0.15, 0.2) is 5.79 Å². The summed E-state index contributed by atoms with van der Waals surface area (Å²) in [7, 11) is -1.07. The molecule has 2 aliphatic rings. The summed E-state index contributed by atoms with van der Waals surface area (Å²) in [6.45, 7) is 11.2. The topological polar surface area (TPSA) is 47.6 Å². The maximum Gasteiger partial charge on any atom is 0.168 e. The average Bonchev–Trinajstić information content (AvgIpc) is 2.81. The first-order valence-corrected chi connectivity index (χ1v) is 8.54. The molecule has 0 aromatic rings. The van der Waals surface area contributed by atoms with E-state index < -0.39 is 11.0 Å². The van der Waals surface area contributed by atoms with Crippen LogP contribution in [-0.2, 0) is 20.5 Å². The minimum Gasteiger partial charge on any atom is -0.348 e. The van der Waals surface area contributed by atoms with Gasteiger partial charge in [0.2, 0.25) is 0 Å². The lowest BCUT2D eigenvalue weighted by Gasteiger charge is -2.44. The highest BCUT2D eigenvalue weighted by Gasteiger charge is 2.46. The summed E-state index contributed by atoms with van der Waals surface area (Å²) in [6.07, 6.45) is 6.26. The van der Waals surface area contributed by atoms with Gasteiger partial charge in [-0.1, -0.05) is 6.08 Å². The minimum atomic E-state index is -1.07.